The van der Waals surface area contributed by atoms with Crippen LogP contribution in [0.1, 0.15) is 57.1 Å². The van der Waals surface area contributed by atoms with E-state index in [0.29, 0.717) is 36.6 Å². The van der Waals surface area contributed by atoms with Gasteiger partial charge in [-0.1, -0.05) is 38.1 Å². The van der Waals surface area contributed by atoms with Gasteiger partial charge in [0.1, 0.15) is 5.75 Å². The summed E-state index contributed by atoms with van der Waals surface area (Å²) in [7, 11) is 1.40. The average molecular weight is 713 g/mol. The second kappa shape index (κ2) is 16.2. The number of amides is 4. The molecule has 47 heavy (non-hydrogen) atoms. The van der Waals surface area contributed by atoms with Crippen molar-refractivity contribution >= 4 is 39.6 Å². The Kier molecular flexibility index (Phi) is 12.1. The maximum Gasteiger partial charge on any atom is 0.409 e. The Morgan fingerprint density at radius 1 is 0.957 bits per heavy atom. The molecule has 4 aliphatic heterocycles. The first-order valence-corrected chi connectivity index (χ1v) is 17.9. The number of hydrogen-bond acceptors (Lipinski definition) is 6. The van der Waals surface area contributed by atoms with Crippen LogP contribution in [0.15, 0.2) is 46.9 Å². The van der Waals surface area contributed by atoms with Crippen LogP contribution >= 0.6 is 15.9 Å². The lowest BCUT2D eigenvalue weighted by Crippen LogP contribution is -2.50. The highest BCUT2D eigenvalue weighted by atomic mass is 79.9. The molecule has 4 heterocycles. The van der Waals surface area contributed by atoms with Crippen molar-refractivity contribution in [3.05, 3.63) is 58.1 Å². The van der Waals surface area contributed by atoms with Crippen molar-refractivity contribution in [3.63, 3.8) is 0 Å². The molecule has 2 N–H and O–H groups in total. The molecule has 0 radical (unpaired) electrons. The van der Waals surface area contributed by atoms with Crippen molar-refractivity contribution < 1.29 is 24.2 Å². The lowest BCUT2D eigenvalue weighted by molar-refractivity contribution is -0.136. The van der Waals surface area contributed by atoms with Crippen LogP contribution in [0.4, 0.5) is 15.3 Å². The lowest BCUT2D eigenvalue weighted by atomic mass is 9.97. The number of anilines is 1. The number of phenols is 1. The maximum absolute atomic E-state index is 12.8. The van der Waals surface area contributed by atoms with Crippen molar-refractivity contribution in [1.82, 2.24) is 19.6 Å². The smallest absolute Gasteiger partial charge is 0.409 e. The standard InChI is InChI=1S/C20H29BrN2O2.C16H21N3O3/c1-14-5-8-23(13-14)17-6-9-22(10-7-17)20(25)15(2)11-16-3-4-19(24)18(21)12-16;1-22-16(21)18-9-7-13(8-10-18)19-11-6-12-4-2-3-5-14(12)17-15(19)20/h3-4,12,14-15,17,24H,5-11,13H2,1-2H3;2-5,13H,6-11H2,1H3,(H,17,20)/t14-,15+;/m0./s1. The van der Waals surface area contributed by atoms with Crippen molar-refractivity contribution in [1.29, 1.82) is 0 Å². The summed E-state index contributed by atoms with van der Waals surface area (Å²) in [6.07, 6.45) is 6.39. The highest BCUT2D eigenvalue weighted by Crippen LogP contribution is 2.28. The number of urea groups is 1. The number of benzene rings is 2. The van der Waals surface area contributed by atoms with Gasteiger partial charge in [-0.3, -0.25) is 9.69 Å². The maximum atomic E-state index is 12.8. The molecule has 0 unspecified atom stereocenters. The molecule has 0 spiro atoms. The van der Waals surface area contributed by atoms with E-state index in [9.17, 15) is 19.5 Å². The number of methoxy groups -OCH3 is 1. The Balaban J connectivity index is 0.000000186. The quantitative estimate of drug-likeness (QED) is 0.396. The molecule has 11 heteroatoms. The Morgan fingerprint density at radius 2 is 1.64 bits per heavy atom. The number of nitrogens with one attached hydrogen (secondary N) is 1. The molecule has 256 valence electrons. The summed E-state index contributed by atoms with van der Waals surface area (Å²) in [6, 6.07) is 14.2. The first-order chi connectivity index (χ1) is 22.6. The topological polar surface area (TPSA) is 106 Å². The third-order valence-electron chi connectivity index (χ3n) is 10.2. The van der Waals surface area contributed by atoms with Gasteiger partial charge in [0, 0.05) is 63.0 Å². The zero-order valence-corrected chi connectivity index (χ0v) is 29.6. The van der Waals surface area contributed by atoms with Gasteiger partial charge >= 0.3 is 12.1 Å². The Labute approximate surface area is 287 Å². The van der Waals surface area contributed by atoms with E-state index in [4.69, 9.17) is 4.74 Å². The van der Waals surface area contributed by atoms with Gasteiger partial charge in [0.25, 0.3) is 0 Å². The SMILES string of the molecule is COC(=O)N1CCC(N2CCc3ccccc3NC2=O)CC1.C[C@H]1CCN(C2CCN(C(=O)[C@H](C)Cc3ccc(O)c(Br)c3)CC2)C1. The number of phenolic OH excluding ortho intramolecular Hbond substituents is 1. The van der Waals surface area contributed by atoms with E-state index < -0.39 is 0 Å². The Bertz CT molecular complexity index is 1390. The predicted octanol–water partition coefficient (Wildman–Crippen LogP) is 5.97. The Hall–Kier alpha value is -3.31. The molecule has 6 rings (SSSR count). The molecule has 10 nitrogen and oxygen atoms in total. The molecule has 0 aromatic heterocycles. The first-order valence-electron chi connectivity index (χ1n) is 17.1. The fourth-order valence-corrected chi connectivity index (χ4v) is 7.84. The van der Waals surface area contributed by atoms with E-state index in [1.165, 1.54) is 32.2 Å². The van der Waals surface area contributed by atoms with Crippen molar-refractivity contribution in [2.75, 3.05) is 58.2 Å². The van der Waals surface area contributed by atoms with Crippen molar-refractivity contribution in [2.24, 2.45) is 11.8 Å². The highest BCUT2D eigenvalue weighted by Gasteiger charge is 2.33. The molecule has 0 bridgehead atoms. The number of likely N-dealkylation sites (tertiary alicyclic amines) is 3. The third-order valence-corrected chi connectivity index (χ3v) is 10.8. The largest absolute Gasteiger partial charge is 0.507 e. The third kappa shape index (κ3) is 8.99. The number of nitrogens with zero attached hydrogens (tertiary/aromatic N) is 4. The van der Waals surface area contributed by atoms with Crippen LogP contribution in [-0.4, -0.2) is 108 Å². The van der Waals surface area contributed by atoms with Crippen molar-refractivity contribution in [3.8, 4) is 5.75 Å². The summed E-state index contributed by atoms with van der Waals surface area (Å²) in [5.41, 5.74) is 3.15. The number of hydrogen-bond donors (Lipinski definition) is 2. The van der Waals surface area contributed by atoms with Gasteiger partial charge in [-0.05, 0) is 103 Å². The van der Waals surface area contributed by atoms with Crippen LogP contribution in [-0.2, 0) is 22.4 Å². The summed E-state index contributed by atoms with van der Waals surface area (Å²) in [6.45, 7) is 10.6. The number of fused-ring (bicyclic) bond motifs is 1. The van der Waals surface area contributed by atoms with Gasteiger partial charge in [-0.2, -0.15) is 0 Å². The van der Waals surface area contributed by atoms with Crippen LogP contribution in [0.5, 0.6) is 5.75 Å². The molecule has 2 atom stereocenters. The average Bonchev–Trinajstić information content (AvgIpc) is 3.45. The van der Waals surface area contributed by atoms with Crippen LogP contribution in [0, 0.1) is 11.8 Å². The Morgan fingerprint density at radius 3 is 2.30 bits per heavy atom. The zero-order valence-electron chi connectivity index (χ0n) is 28.0. The summed E-state index contributed by atoms with van der Waals surface area (Å²) < 4.78 is 5.43. The number of ether oxygens (including phenoxy) is 1. The second-order valence-corrected chi connectivity index (χ2v) is 14.4. The summed E-state index contributed by atoms with van der Waals surface area (Å²) in [5.74, 6) is 1.29. The molecule has 0 aliphatic carbocycles. The number of carbonyl (C=O) groups is 3. The van der Waals surface area contributed by atoms with Crippen LogP contribution < -0.4 is 5.32 Å². The minimum Gasteiger partial charge on any atom is -0.507 e. The van der Waals surface area contributed by atoms with E-state index in [-0.39, 0.29) is 35.7 Å². The van der Waals surface area contributed by atoms with Gasteiger partial charge in [0.05, 0.1) is 11.6 Å². The van der Waals surface area contributed by atoms with E-state index in [1.54, 1.807) is 11.0 Å². The number of piperidine rings is 2. The zero-order chi connectivity index (χ0) is 33.5. The molecule has 0 saturated carbocycles. The fourth-order valence-electron chi connectivity index (χ4n) is 7.41. The van der Waals surface area contributed by atoms with E-state index in [0.717, 1.165) is 62.4 Å². The summed E-state index contributed by atoms with van der Waals surface area (Å²) in [5, 5.41) is 12.6. The minimum atomic E-state index is -0.286. The number of para-hydroxylation sites is 1. The van der Waals surface area contributed by atoms with E-state index >= 15 is 0 Å². The van der Waals surface area contributed by atoms with Crippen molar-refractivity contribution in [2.45, 2.75) is 70.9 Å². The second-order valence-electron chi connectivity index (χ2n) is 13.6. The molecule has 4 amide bonds. The monoisotopic (exact) mass is 711 g/mol. The van der Waals surface area contributed by atoms with Gasteiger partial charge in [-0.15, -0.1) is 0 Å². The number of carbonyl (C=O) groups excluding carboxylic acids is 3. The molecule has 3 fully saturated rings. The van der Waals surface area contributed by atoms with Crippen LogP contribution in [0.2, 0.25) is 0 Å². The van der Waals surface area contributed by atoms with Gasteiger partial charge in [0.15, 0.2) is 0 Å². The van der Waals surface area contributed by atoms with Gasteiger partial charge in [-0.25, -0.2) is 9.59 Å². The van der Waals surface area contributed by atoms with Crippen LogP contribution in [0.3, 0.4) is 0 Å². The molecule has 3 saturated heterocycles. The summed E-state index contributed by atoms with van der Waals surface area (Å²) >= 11 is 3.34. The molecule has 2 aromatic carbocycles. The van der Waals surface area contributed by atoms with Gasteiger partial charge < -0.3 is 29.9 Å². The van der Waals surface area contributed by atoms with E-state index in [2.05, 4.69) is 44.0 Å². The van der Waals surface area contributed by atoms with Crippen LogP contribution in [0.25, 0.3) is 0 Å². The fraction of sp³-hybridized carbons (Fsp3) is 0.583. The predicted molar refractivity (Wildman–Crippen MR) is 187 cm³/mol. The molecule has 4 aliphatic rings. The molecular formula is C36H50BrN5O5. The number of aromatic hydroxyl groups is 1. The highest BCUT2D eigenvalue weighted by molar-refractivity contribution is 9.10. The lowest BCUT2D eigenvalue weighted by Gasteiger charge is -2.37. The molecule has 2 aromatic rings. The van der Waals surface area contributed by atoms with Gasteiger partial charge in [0.2, 0.25) is 5.91 Å². The minimum absolute atomic E-state index is 0.0280. The first kappa shape index (κ1) is 35.0. The summed E-state index contributed by atoms with van der Waals surface area (Å²) in [4.78, 5) is 45.1. The normalized spacial score (nSPS) is 21.7. The number of halogens is 1. The van der Waals surface area contributed by atoms with E-state index in [1.807, 2.05) is 42.2 Å². The molecular weight excluding hydrogens is 662 g/mol. The number of rotatable bonds is 5.